The van der Waals surface area contributed by atoms with Gasteiger partial charge in [0, 0.05) is 37.3 Å². The Kier molecular flexibility index (Phi) is 17.9. The van der Waals surface area contributed by atoms with E-state index in [4.69, 9.17) is 14.8 Å². The van der Waals surface area contributed by atoms with E-state index in [-0.39, 0.29) is 50.6 Å². The maximum Gasteiger partial charge on any atom is 0.251 e. The predicted octanol–water partition coefficient (Wildman–Crippen LogP) is 6.71. The number of amides is 2. The molecule has 2 aromatic rings. The number of pyridine rings is 1. The average molecular weight is 709 g/mol. The zero-order valence-corrected chi connectivity index (χ0v) is 31.2. The van der Waals surface area contributed by atoms with E-state index in [0.717, 1.165) is 64.2 Å². The van der Waals surface area contributed by atoms with Crippen molar-refractivity contribution >= 4 is 17.4 Å². The maximum atomic E-state index is 13.8. The van der Waals surface area contributed by atoms with Crippen LogP contribution in [-0.4, -0.2) is 89.4 Å². The molecule has 0 saturated carbocycles. The number of aliphatic hydroxyl groups excluding tert-OH is 2. The third-order valence-corrected chi connectivity index (χ3v) is 9.01. The van der Waals surface area contributed by atoms with Crippen LogP contribution in [0.25, 0.3) is 5.57 Å². The molecule has 2 heterocycles. The zero-order valence-electron chi connectivity index (χ0n) is 31.2. The summed E-state index contributed by atoms with van der Waals surface area (Å²) in [6.07, 6.45) is 13.9. The van der Waals surface area contributed by atoms with E-state index in [1.165, 1.54) is 0 Å². The summed E-state index contributed by atoms with van der Waals surface area (Å²) >= 11 is 0. The fourth-order valence-electron chi connectivity index (χ4n) is 6.14. The number of nitrogens with zero attached hydrogens (tertiary/aromatic N) is 3. The maximum absolute atomic E-state index is 13.8. The Morgan fingerprint density at radius 3 is 2.46 bits per heavy atom. The second-order valence-corrected chi connectivity index (χ2v) is 12.5. The molecular formula is C43H56N4O5. The van der Waals surface area contributed by atoms with Gasteiger partial charge in [0.05, 0.1) is 50.4 Å². The monoisotopic (exact) mass is 708 g/mol. The first-order valence-corrected chi connectivity index (χ1v) is 18.1. The van der Waals surface area contributed by atoms with Gasteiger partial charge in [-0.05, 0) is 91.3 Å². The highest BCUT2D eigenvalue weighted by molar-refractivity contribution is 5.94. The zero-order chi connectivity index (χ0) is 37.9. The molecule has 0 bridgehead atoms. The lowest BCUT2D eigenvalue weighted by atomic mass is 9.95. The Labute approximate surface area is 310 Å². The van der Waals surface area contributed by atoms with Crippen molar-refractivity contribution in [2.45, 2.75) is 52.5 Å². The SMILES string of the molecule is C=C/C=C\C1=C(/C)CC/C(C=C)=C(/C=C\C)CN1C(=O)CCNC(=O)c1ccc(C(c2cccc(C(=C)CC)n2)N(CCO)CCOCCO)cc1. The minimum atomic E-state index is -0.342. The molecule has 1 aliphatic heterocycles. The lowest BCUT2D eigenvalue weighted by Crippen LogP contribution is -2.36. The Morgan fingerprint density at radius 1 is 1.04 bits per heavy atom. The van der Waals surface area contributed by atoms with Gasteiger partial charge >= 0.3 is 0 Å². The van der Waals surface area contributed by atoms with Crippen molar-refractivity contribution in [2.24, 2.45) is 0 Å². The summed E-state index contributed by atoms with van der Waals surface area (Å²) in [5.74, 6) is -0.379. The molecular weight excluding hydrogens is 652 g/mol. The molecule has 0 fully saturated rings. The van der Waals surface area contributed by atoms with Crippen LogP contribution in [-0.2, 0) is 9.53 Å². The fraction of sp³-hybridized carbons (Fsp3) is 0.372. The lowest BCUT2D eigenvalue weighted by Gasteiger charge is -2.31. The van der Waals surface area contributed by atoms with Crippen LogP contribution in [0.15, 0.2) is 121 Å². The van der Waals surface area contributed by atoms with E-state index in [9.17, 15) is 14.7 Å². The van der Waals surface area contributed by atoms with Crippen LogP contribution in [0.4, 0.5) is 0 Å². The Bertz CT molecular complexity index is 1650. The van der Waals surface area contributed by atoms with Crippen molar-refractivity contribution in [3.05, 3.63) is 144 Å². The average Bonchev–Trinajstić information content (AvgIpc) is 3.15. The van der Waals surface area contributed by atoms with Gasteiger partial charge in [0.1, 0.15) is 0 Å². The highest BCUT2D eigenvalue weighted by atomic mass is 16.5. The Hall–Kier alpha value is -4.67. The molecule has 0 radical (unpaired) electrons. The van der Waals surface area contributed by atoms with Gasteiger partial charge in [-0.25, -0.2) is 0 Å². The van der Waals surface area contributed by atoms with Gasteiger partial charge in [0.2, 0.25) is 5.91 Å². The van der Waals surface area contributed by atoms with E-state index in [1.54, 1.807) is 23.1 Å². The third kappa shape index (κ3) is 12.0. The van der Waals surface area contributed by atoms with E-state index in [0.29, 0.717) is 31.8 Å². The van der Waals surface area contributed by atoms with Crippen LogP contribution in [0, 0.1) is 0 Å². The summed E-state index contributed by atoms with van der Waals surface area (Å²) in [7, 11) is 0. The summed E-state index contributed by atoms with van der Waals surface area (Å²) < 4.78 is 5.56. The molecule has 1 aliphatic rings. The molecule has 2 amide bonds. The van der Waals surface area contributed by atoms with Crippen LogP contribution >= 0.6 is 0 Å². The molecule has 0 aliphatic carbocycles. The minimum absolute atomic E-state index is 0.0711. The van der Waals surface area contributed by atoms with Crippen molar-refractivity contribution in [1.29, 1.82) is 0 Å². The second-order valence-electron chi connectivity index (χ2n) is 12.5. The van der Waals surface area contributed by atoms with E-state index in [2.05, 4.69) is 30.0 Å². The minimum Gasteiger partial charge on any atom is -0.395 e. The molecule has 9 nitrogen and oxygen atoms in total. The number of allylic oxidation sites excluding steroid dienone is 8. The standard InChI is InChI=1S/C43H56N4O5/c1-7-11-16-40-33(6)17-18-34(10-4)37(13-8-2)31-47(40)41(50)23-24-44-43(51)36-21-19-35(20-22-36)42(46(25-27-48)26-29-52-30-28-49)39-15-12-14-38(45-39)32(5)9-3/h7-8,10-16,19-22,42,48-49H,1,4-5,9,17-18,23-31H2,2-3,6H3,(H,44,51)/b13-8-,16-11-,37-34-,40-33-. The van der Waals surface area contributed by atoms with Gasteiger partial charge < -0.3 is 25.2 Å². The fourth-order valence-corrected chi connectivity index (χ4v) is 6.14. The van der Waals surface area contributed by atoms with Crippen LogP contribution in [0.2, 0.25) is 0 Å². The molecule has 1 atom stereocenters. The molecule has 0 saturated heterocycles. The topological polar surface area (TPSA) is 115 Å². The molecule has 1 unspecified atom stereocenters. The van der Waals surface area contributed by atoms with E-state index in [1.807, 2.05) is 81.5 Å². The van der Waals surface area contributed by atoms with Crippen LogP contribution in [0.5, 0.6) is 0 Å². The molecule has 52 heavy (non-hydrogen) atoms. The number of aromatic nitrogens is 1. The van der Waals surface area contributed by atoms with Crippen molar-refractivity contribution < 1.29 is 24.5 Å². The number of hydrogen-bond acceptors (Lipinski definition) is 7. The Balaban J connectivity index is 1.82. The molecule has 1 aromatic carbocycles. The Morgan fingerprint density at radius 2 is 1.81 bits per heavy atom. The summed E-state index contributed by atoms with van der Waals surface area (Å²) in [5.41, 5.74) is 7.95. The molecule has 9 heteroatoms. The summed E-state index contributed by atoms with van der Waals surface area (Å²) in [6.45, 7) is 19.9. The van der Waals surface area contributed by atoms with Crippen LogP contribution < -0.4 is 5.32 Å². The highest BCUT2D eigenvalue weighted by Crippen LogP contribution is 2.30. The van der Waals surface area contributed by atoms with Crippen molar-refractivity contribution in [3.8, 4) is 0 Å². The third-order valence-electron chi connectivity index (χ3n) is 9.01. The number of carbonyl (C=O) groups excluding carboxylic acids is 2. The predicted molar refractivity (Wildman–Crippen MR) is 210 cm³/mol. The van der Waals surface area contributed by atoms with Crippen molar-refractivity contribution in [1.82, 2.24) is 20.1 Å². The normalized spacial score (nSPS) is 17.3. The number of benzene rings is 1. The number of carbonyl (C=O) groups is 2. The van der Waals surface area contributed by atoms with Crippen LogP contribution in [0.1, 0.15) is 79.8 Å². The van der Waals surface area contributed by atoms with Gasteiger partial charge in [-0.2, -0.15) is 0 Å². The van der Waals surface area contributed by atoms with E-state index < -0.39 is 0 Å². The number of hydrogen-bond donors (Lipinski definition) is 3. The second kappa shape index (κ2) is 22.3. The number of aliphatic hydroxyl groups is 2. The van der Waals surface area contributed by atoms with Gasteiger partial charge in [-0.1, -0.05) is 75.2 Å². The van der Waals surface area contributed by atoms with E-state index >= 15 is 0 Å². The van der Waals surface area contributed by atoms with Gasteiger partial charge in [-0.15, -0.1) is 0 Å². The molecule has 278 valence electrons. The molecule has 1 aromatic heterocycles. The van der Waals surface area contributed by atoms with Crippen LogP contribution in [0.3, 0.4) is 0 Å². The smallest absolute Gasteiger partial charge is 0.251 e. The first-order valence-electron chi connectivity index (χ1n) is 18.1. The largest absolute Gasteiger partial charge is 0.395 e. The number of rotatable bonds is 20. The highest BCUT2D eigenvalue weighted by Gasteiger charge is 2.25. The van der Waals surface area contributed by atoms with Gasteiger partial charge in [-0.3, -0.25) is 19.5 Å². The quantitative estimate of drug-likeness (QED) is 0.103. The summed E-state index contributed by atoms with van der Waals surface area (Å²) in [5, 5.41) is 22.1. The lowest BCUT2D eigenvalue weighted by molar-refractivity contribution is -0.128. The molecule has 0 spiro atoms. The number of nitrogens with one attached hydrogen (secondary N) is 1. The first kappa shape index (κ1) is 41.7. The summed E-state index contributed by atoms with van der Waals surface area (Å²) in [4.78, 5) is 35.9. The van der Waals surface area contributed by atoms with Gasteiger partial charge in [0.25, 0.3) is 5.91 Å². The molecule has 3 rings (SSSR count). The first-order chi connectivity index (χ1) is 25.2. The van der Waals surface area contributed by atoms with Crippen molar-refractivity contribution in [3.63, 3.8) is 0 Å². The molecule has 3 N–H and O–H groups in total. The van der Waals surface area contributed by atoms with Crippen molar-refractivity contribution in [2.75, 3.05) is 52.6 Å². The summed E-state index contributed by atoms with van der Waals surface area (Å²) in [6, 6.07) is 12.8. The number of ether oxygens (including phenoxy) is 1. The van der Waals surface area contributed by atoms with Gasteiger partial charge in [0.15, 0.2) is 0 Å².